The minimum absolute atomic E-state index is 0.0235. The van der Waals surface area contributed by atoms with E-state index in [9.17, 15) is 9.59 Å². The molecule has 2 aliphatic heterocycles. The van der Waals surface area contributed by atoms with Crippen LogP contribution in [0.2, 0.25) is 0 Å². The fourth-order valence-electron chi connectivity index (χ4n) is 4.03. The molecule has 0 N–H and O–H groups in total. The van der Waals surface area contributed by atoms with E-state index in [1.54, 1.807) is 24.3 Å². The Morgan fingerprint density at radius 1 is 1.03 bits per heavy atom. The first-order valence-corrected chi connectivity index (χ1v) is 9.88. The van der Waals surface area contributed by atoms with Crippen molar-refractivity contribution in [2.75, 3.05) is 26.2 Å². The van der Waals surface area contributed by atoms with Crippen LogP contribution in [0.3, 0.4) is 0 Å². The molecular formula is C23H23N3O3. The van der Waals surface area contributed by atoms with E-state index in [0.29, 0.717) is 18.7 Å². The molecule has 6 nitrogen and oxygen atoms in total. The lowest BCUT2D eigenvalue weighted by Crippen LogP contribution is -2.50. The lowest BCUT2D eigenvalue weighted by atomic mass is 9.93. The second-order valence-corrected chi connectivity index (χ2v) is 7.54. The Morgan fingerprint density at radius 3 is 2.38 bits per heavy atom. The van der Waals surface area contributed by atoms with Gasteiger partial charge in [-0.15, -0.1) is 0 Å². The van der Waals surface area contributed by atoms with E-state index in [1.807, 2.05) is 23.1 Å². The zero-order valence-electron chi connectivity index (χ0n) is 16.2. The van der Waals surface area contributed by atoms with Crippen LogP contribution < -0.4 is 0 Å². The van der Waals surface area contributed by atoms with Gasteiger partial charge in [-0.2, -0.15) is 5.26 Å². The summed E-state index contributed by atoms with van der Waals surface area (Å²) in [6, 6.07) is 19.3. The Morgan fingerprint density at radius 2 is 1.72 bits per heavy atom. The third kappa shape index (κ3) is 4.30. The van der Waals surface area contributed by atoms with Gasteiger partial charge in [-0.05, 0) is 23.3 Å². The number of benzene rings is 2. The third-order valence-corrected chi connectivity index (χ3v) is 5.63. The lowest BCUT2D eigenvalue weighted by Gasteiger charge is -2.36. The molecule has 2 atom stereocenters. The number of nitrogens with zero attached hydrogens (tertiary/aromatic N) is 3. The molecular weight excluding hydrogens is 366 g/mol. The van der Waals surface area contributed by atoms with E-state index < -0.39 is 12.0 Å². The SMILES string of the molecule is N#Cc1ccc([C@H]2OC(=O)C[C@@H]2C(=O)N2CCN(Cc3ccccc3)CC2)cc1. The van der Waals surface area contributed by atoms with Crippen LogP contribution in [0.15, 0.2) is 54.6 Å². The number of carbonyl (C=O) groups is 2. The highest BCUT2D eigenvalue weighted by Crippen LogP contribution is 2.37. The van der Waals surface area contributed by atoms with Crippen molar-refractivity contribution in [2.45, 2.75) is 19.1 Å². The Hall–Kier alpha value is -3.17. The predicted molar refractivity (Wildman–Crippen MR) is 106 cm³/mol. The Labute approximate surface area is 170 Å². The second-order valence-electron chi connectivity index (χ2n) is 7.54. The fourth-order valence-corrected chi connectivity index (χ4v) is 4.03. The Kier molecular flexibility index (Phi) is 5.59. The van der Waals surface area contributed by atoms with Gasteiger partial charge in [-0.1, -0.05) is 42.5 Å². The van der Waals surface area contributed by atoms with E-state index in [2.05, 4.69) is 23.1 Å². The van der Waals surface area contributed by atoms with Crippen LogP contribution >= 0.6 is 0 Å². The van der Waals surface area contributed by atoms with E-state index in [0.717, 1.165) is 25.2 Å². The van der Waals surface area contributed by atoms with Crippen LogP contribution in [-0.4, -0.2) is 47.9 Å². The van der Waals surface area contributed by atoms with Crippen LogP contribution in [0.4, 0.5) is 0 Å². The average molecular weight is 389 g/mol. The van der Waals surface area contributed by atoms with Crippen molar-refractivity contribution in [1.29, 1.82) is 5.26 Å². The van der Waals surface area contributed by atoms with Crippen molar-refractivity contribution in [3.63, 3.8) is 0 Å². The number of carbonyl (C=O) groups excluding carboxylic acids is 2. The highest BCUT2D eigenvalue weighted by atomic mass is 16.6. The van der Waals surface area contributed by atoms with Crippen molar-refractivity contribution in [2.24, 2.45) is 5.92 Å². The molecule has 2 heterocycles. The van der Waals surface area contributed by atoms with E-state index >= 15 is 0 Å². The van der Waals surface area contributed by atoms with Crippen molar-refractivity contribution in [3.05, 3.63) is 71.3 Å². The number of nitriles is 1. The number of piperazine rings is 1. The smallest absolute Gasteiger partial charge is 0.307 e. The fraction of sp³-hybridized carbons (Fsp3) is 0.348. The van der Waals surface area contributed by atoms with Crippen LogP contribution in [0, 0.1) is 17.2 Å². The molecule has 29 heavy (non-hydrogen) atoms. The van der Waals surface area contributed by atoms with Crippen molar-refractivity contribution in [3.8, 4) is 6.07 Å². The molecule has 0 unspecified atom stereocenters. The van der Waals surface area contributed by atoms with E-state index in [4.69, 9.17) is 10.00 Å². The maximum atomic E-state index is 13.1. The summed E-state index contributed by atoms with van der Waals surface area (Å²) in [6.07, 6.45) is -0.474. The van der Waals surface area contributed by atoms with Gasteiger partial charge in [0.15, 0.2) is 0 Å². The van der Waals surface area contributed by atoms with Gasteiger partial charge in [0.25, 0.3) is 0 Å². The Bertz CT molecular complexity index is 913. The summed E-state index contributed by atoms with van der Waals surface area (Å²) >= 11 is 0. The summed E-state index contributed by atoms with van der Waals surface area (Å²) in [5.74, 6) is -0.874. The van der Waals surface area contributed by atoms with Gasteiger partial charge in [0.1, 0.15) is 6.10 Å². The number of esters is 1. The molecule has 4 rings (SSSR count). The molecule has 2 fully saturated rings. The van der Waals surface area contributed by atoms with E-state index in [-0.39, 0.29) is 18.3 Å². The number of hydrogen-bond donors (Lipinski definition) is 0. The lowest BCUT2D eigenvalue weighted by molar-refractivity contribution is -0.142. The van der Waals surface area contributed by atoms with Gasteiger partial charge in [0.2, 0.25) is 5.91 Å². The monoisotopic (exact) mass is 389 g/mol. The minimum atomic E-state index is -0.579. The Balaban J connectivity index is 1.39. The molecule has 0 radical (unpaired) electrons. The number of amides is 1. The van der Waals surface area contributed by atoms with E-state index in [1.165, 1.54) is 5.56 Å². The molecule has 0 aliphatic carbocycles. The molecule has 148 valence electrons. The quantitative estimate of drug-likeness (QED) is 0.752. The molecule has 0 aromatic heterocycles. The molecule has 2 saturated heterocycles. The largest absolute Gasteiger partial charge is 0.457 e. The van der Waals surface area contributed by atoms with Gasteiger partial charge < -0.3 is 9.64 Å². The molecule has 6 heteroatoms. The normalized spacial score (nSPS) is 22.2. The first-order valence-electron chi connectivity index (χ1n) is 9.88. The van der Waals surface area contributed by atoms with Gasteiger partial charge in [0, 0.05) is 32.7 Å². The van der Waals surface area contributed by atoms with Gasteiger partial charge in [0.05, 0.1) is 24.0 Å². The van der Waals surface area contributed by atoms with Gasteiger partial charge in [-0.3, -0.25) is 14.5 Å². The highest BCUT2D eigenvalue weighted by molar-refractivity contribution is 5.87. The molecule has 2 aromatic carbocycles. The third-order valence-electron chi connectivity index (χ3n) is 5.63. The highest BCUT2D eigenvalue weighted by Gasteiger charge is 2.43. The summed E-state index contributed by atoms with van der Waals surface area (Å²) in [7, 11) is 0. The first-order chi connectivity index (χ1) is 14.1. The zero-order valence-corrected chi connectivity index (χ0v) is 16.2. The summed E-state index contributed by atoms with van der Waals surface area (Å²) in [6.45, 7) is 3.79. The maximum Gasteiger partial charge on any atom is 0.307 e. The molecule has 0 spiro atoms. The van der Waals surface area contributed by atoms with Crippen molar-refractivity contribution >= 4 is 11.9 Å². The predicted octanol–water partition coefficient (Wildman–Crippen LogP) is 2.51. The van der Waals surface area contributed by atoms with Gasteiger partial charge >= 0.3 is 5.97 Å². The van der Waals surface area contributed by atoms with Gasteiger partial charge in [-0.25, -0.2) is 0 Å². The van der Waals surface area contributed by atoms with Crippen LogP contribution in [0.1, 0.15) is 29.2 Å². The number of rotatable bonds is 4. The van der Waals surface area contributed by atoms with Crippen LogP contribution in [-0.2, 0) is 20.9 Å². The summed E-state index contributed by atoms with van der Waals surface area (Å²) in [5, 5.41) is 8.96. The summed E-state index contributed by atoms with van der Waals surface area (Å²) < 4.78 is 5.47. The molecule has 0 bridgehead atoms. The molecule has 2 aliphatic rings. The molecule has 2 aromatic rings. The van der Waals surface area contributed by atoms with Crippen molar-refractivity contribution in [1.82, 2.24) is 9.80 Å². The van der Waals surface area contributed by atoms with Crippen LogP contribution in [0.25, 0.3) is 0 Å². The summed E-state index contributed by atoms with van der Waals surface area (Å²) in [4.78, 5) is 29.3. The van der Waals surface area contributed by atoms with Crippen LogP contribution in [0.5, 0.6) is 0 Å². The summed E-state index contributed by atoms with van der Waals surface area (Å²) in [5.41, 5.74) is 2.56. The topological polar surface area (TPSA) is 73.6 Å². The molecule has 1 amide bonds. The zero-order chi connectivity index (χ0) is 20.2. The standard InChI is InChI=1S/C23H23N3O3/c24-15-17-6-8-19(9-7-17)22-20(14-21(27)29-22)23(28)26-12-10-25(11-13-26)16-18-4-2-1-3-5-18/h1-9,20,22H,10-14,16H2/t20-,22+/m0/s1. The second kappa shape index (κ2) is 8.46. The average Bonchev–Trinajstić information content (AvgIpc) is 3.16. The van der Waals surface area contributed by atoms with Crippen molar-refractivity contribution < 1.29 is 14.3 Å². The first kappa shape index (κ1) is 19.2. The number of ether oxygens (including phenoxy) is 1. The number of hydrogen-bond acceptors (Lipinski definition) is 5. The minimum Gasteiger partial charge on any atom is -0.457 e. The molecule has 0 saturated carbocycles. The number of cyclic esters (lactones) is 1. The maximum absolute atomic E-state index is 13.1.